The van der Waals surface area contributed by atoms with Crippen molar-refractivity contribution < 1.29 is 17.9 Å². The molecule has 7 heteroatoms. The van der Waals surface area contributed by atoms with Crippen molar-refractivity contribution in [1.82, 2.24) is 9.03 Å². The molecule has 0 spiro atoms. The van der Waals surface area contributed by atoms with Gasteiger partial charge in [-0.15, -0.1) is 0 Å². The quantitative estimate of drug-likeness (QED) is 0.487. The predicted octanol–water partition coefficient (Wildman–Crippen LogP) is 0.506. The van der Waals surface area contributed by atoms with Gasteiger partial charge in [0.1, 0.15) is 0 Å². The van der Waals surface area contributed by atoms with E-state index in [9.17, 15) is 13.2 Å². The van der Waals surface area contributed by atoms with Crippen molar-refractivity contribution in [2.75, 3.05) is 26.2 Å². The molecule has 6 nitrogen and oxygen atoms in total. The van der Waals surface area contributed by atoms with Crippen LogP contribution in [-0.4, -0.2) is 44.9 Å². The van der Waals surface area contributed by atoms with Crippen LogP contribution in [0.4, 0.5) is 0 Å². The van der Waals surface area contributed by atoms with E-state index in [0.717, 1.165) is 0 Å². The standard InChI is InChI=1S/C10H22N2O4S/c1-4-12(5-2)17(14,15)11-9-7-8-10(13)16-6-3/h11H,4-9H2,1-3H3. The van der Waals surface area contributed by atoms with Crippen molar-refractivity contribution >= 4 is 16.2 Å². The highest BCUT2D eigenvalue weighted by atomic mass is 32.2. The predicted molar refractivity (Wildman–Crippen MR) is 65.7 cm³/mol. The Labute approximate surface area is 104 Å². The lowest BCUT2D eigenvalue weighted by Gasteiger charge is -2.18. The van der Waals surface area contributed by atoms with Crippen LogP contribution in [0.2, 0.25) is 0 Å². The van der Waals surface area contributed by atoms with Gasteiger partial charge in [-0.05, 0) is 13.3 Å². The third kappa shape index (κ3) is 6.60. The van der Waals surface area contributed by atoms with Crippen LogP contribution in [0.5, 0.6) is 0 Å². The molecule has 0 amide bonds. The highest BCUT2D eigenvalue weighted by molar-refractivity contribution is 7.87. The molecule has 0 fully saturated rings. The SMILES string of the molecule is CCOC(=O)CCCNS(=O)(=O)N(CC)CC. The second-order valence-electron chi connectivity index (χ2n) is 3.39. The van der Waals surface area contributed by atoms with Gasteiger partial charge in [-0.3, -0.25) is 4.79 Å². The van der Waals surface area contributed by atoms with Crippen LogP contribution in [0.3, 0.4) is 0 Å². The molecule has 0 radical (unpaired) electrons. The summed E-state index contributed by atoms with van der Waals surface area (Å²) in [7, 11) is -3.40. The van der Waals surface area contributed by atoms with Crippen LogP contribution in [-0.2, 0) is 19.7 Å². The van der Waals surface area contributed by atoms with E-state index in [1.807, 2.05) is 0 Å². The number of rotatable bonds is 9. The van der Waals surface area contributed by atoms with Gasteiger partial charge < -0.3 is 4.74 Å². The first kappa shape index (κ1) is 16.3. The summed E-state index contributed by atoms with van der Waals surface area (Å²) < 4.78 is 31.8. The highest BCUT2D eigenvalue weighted by Gasteiger charge is 2.17. The topological polar surface area (TPSA) is 75.7 Å². The summed E-state index contributed by atoms with van der Waals surface area (Å²) in [6, 6.07) is 0. The van der Waals surface area contributed by atoms with E-state index in [1.54, 1.807) is 20.8 Å². The average Bonchev–Trinajstić information content (AvgIpc) is 2.26. The molecule has 0 heterocycles. The van der Waals surface area contributed by atoms with Crippen molar-refractivity contribution in [2.24, 2.45) is 0 Å². The molecule has 0 saturated carbocycles. The largest absolute Gasteiger partial charge is 0.466 e. The lowest BCUT2D eigenvalue weighted by atomic mass is 10.3. The second-order valence-corrected chi connectivity index (χ2v) is 5.15. The van der Waals surface area contributed by atoms with Crippen LogP contribution in [0.15, 0.2) is 0 Å². The molecule has 0 aliphatic heterocycles. The molecule has 0 aliphatic rings. The monoisotopic (exact) mass is 266 g/mol. The Kier molecular flexibility index (Phi) is 8.11. The van der Waals surface area contributed by atoms with Gasteiger partial charge in [0.15, 0.2) is 0 Å². The van der Waals surface area contributed by atoms with Gasteiger partial charge in [-0.25, -0.2) is 4.72 Å². The van der Waals surface area contributed by atoms with E-state index in [4.69, 9.17) is 4.74 Å². The lowest BCUT2D eigenvalue weighted by molar-refractivity contribution is -0.143. The number of nitrogens with one attached hydrogen (secondary N) is 1. The van der Waals surface area contributed by atoms with Crippen molar-refractivity contribution in [1.29, 1.82) is 0 Å². The molecule has 0 aromatic rings. The number of hydrogen-bond acceptors (Lipinski definition) is 4. The molecule has 0 aromatic carbocycles. The van der Waals surface area contributed by atoms with Gasteiger partial charge >= 0.3 is 5.97 Å². The van der Waals surface area contributed by atoms with Crippen LogP contribution < -0.4 is 4.72 Å². The molecule has 17 heavy (non-hydrogen) atoms. The molecular formula is C10H22N2O4S. The summed E-state index contributed by atoms with van der Waals surface area (Å²) >= 11 is 0. The number of nitrogens with zero attached hydrogens (tertiary/aromatic N) is 1. The molecular weight excluding hydrogens is 244 g/mol. The van der Waals surface area contributed by atoms with Gasteiger partial charge in [-0.2, -0.15) is 12.7 Å². The van der Waals surface area contributed by atoms with E-state index in [2.05, 4.69) is 4.72 Å². The summed E-state index contributed by atoms with van der Waals surface area (Å²) in [5.41, 5.74) is 0. The maximum atomic E-state index is 11.7. The fourth-order valence-electron chi connectivity index (χ4n) is 1.32. The number of esters is 1. The zero-order valence-corrected chi connectivity index (χ0v) is 11.5. The van der Waals surface area contributed by atoms with E-state index >= 15 is 0 Å². The summed E-state index contributed by atoms with van der Waals surface area (Å²) in [4.78, 5) is 11.0. The minimum Gasteiger partial charge on any atom is -0.466 e. The smallest absolute Gasteiger partial charge is 0.305 e. The van der Waals surface area contributed by atoms with Crippen LogP contribution in [0.25, 0.3) is 0 Å². The van der Waals surface area contributed by atoms with Crippen molar-refractivity contribution in [3.05, 3.63) is 0 Å². The molecule has 0 saturated heterocycles. The normalized spacial score (nSPS) is 11.8. The lowest BCUT2D eigenvalue weighted by Crippen LogP contribution is -2.40. The van der Waals surface area contributed by atoms with E-state index in [0.29, 0.717) is 26.1 Å². The third-order valence-electron chi connectivity index (χ3n) is 2.19. The fraction of sp³-hybridized carbons (Fsp3) is 0.900. The Morgan fingerprint density at radius 1 is 1.24 bits per heavy atom. The fourth-order valence-corrected chi connectivity index (χ4v) is 2.59. The number of carbonyl (C=O) groups excluding carboxylic acids is 1. The third-order valence-corrected chi connectivity index (χ3v) is 3.96. The van der Waals surface area contributed by atoms with E-state index in [1.165, 1.54) is 4.31 Å². The van der Waals surface area contributed by atoms with Crippen LogP contribution in [0.1, 0.15) is 33.6 Å². The van der Waals surface area contributed by atoms with Gasteiger partial charge in [0, 0.05) is 26.1 Å². The molecule has 0 aliphatic carbocycles. The summed E-state index contributed by atoms with van der Waals surface area (Å²) in [6.45, 7) is 6.76. The zero-order valence-electron chi connectivity index (χ0n) is 10.7. The van der Waals surface area contributed by atoms with Gasteiger partial charge in [0.25, 0.3) is 10.2 Å². The Hall–Kier alpha value is -0.660. The maximum Gasteiger partial charge on any atom is 0.305 e. The Bertz CT molecular complexity index is 312. The molecule has 0 rings (SSSR count). The molecule has 0 aromatic heterocycles. The number of ether oxygens (including phenoxy) is 1. The first-order valence-corrected chi connectivity index (χ1v) is 7.32. The number of hydrogen-bond donors (Lipinski definition) is 1. The summed E-state index contributed by atoms with van der Waals surface area (Å²) in [6.07, 6.45) is 0.675. The van der Waals surface area contributed by atoms with Crippen molar-refractivity contribution in [2.45, 2.75) is 33.6 Å². The minimum absolute atomic E-state index is 0.231. The second kappa shape index (κ2) is 8.43. The van der Waals surface area contributed by atoms with Gasteiger partial charge in [-0.1, -0.05) is 13.8 Å². The Morgan fingerprint density at radius 2 is 1.82 bits per heavy atom. The first-order valence-electron chi connectivity index (χ1n) is 5.88. The molecule has 0 bridgehead atoms. The molecule has 102 valence electrons. The Morgan fingerprint density at radius 3 is 2.29 bits per heavy atom. The summed E-state index contributed by atoms with van der Waals surface area (Å²) in [5, 5.41) is 0. The Balaban J connectivity index is 3.92. The van der Waals surface area contributed by atoms with Gasteiger partial charge in [0.2, 0.25) is 0 Å². The molecule has 0 unspecified atom stereocenters. The minimum atomic E-state index is -3.40. The zero-order chi connectivity index (χ0) is 13.3. The van der Waals surface area contributed by atoms with Crippen LogP contribution >= 0.6 is 0 Å². The first-order chi connectivity index (χ1) is 7.97. The van der Waals surface area contributed by atoms with Crippen LogP contribution in [0, 0.1) is 0 Å². The average molecular weight is 266 g/mol. The number of carbonyl (C=O) groups is 1. The van der Waals surface area contributed by atoms with E-state index in [-0.39, 0.29) is 18.9 Å². The van der Waals surface area contributed by atoms with Gasteiger partial charge in [0.05, 0.1) is 6.61 Å². The summed E-state index contributed by atoms with van der Waals surface area (Å²) in [5.74, 6) is -0.297. The van der Waals surface area contributed by atoms with Crippen molar-refractivity contribution in [3.63, 3.8) is 0 Å². The highest BCUT2D eigenvalue weighted by Crippen LogP contribution is 1.98. The molecule has 0 atom stereocenters. The maximum absolute atomic E-state index is 11.7. The van der Waals surface area contributed by atoms with Crippen molar-refractivity contribution in [3.8, 4) is 0 Å². The van der Waals surface area contributed by atoms with E-state index < -0.39 is 10.2 Å². The molecule has 1 N–H and O–H groups in total.